The van der Waals surface area contributed by atoms with E-state index < -0.39 is 29.9 Å². The molecule has 168 valence electrons. The maximum absolute atomic E-state index is 12.9. The number of fused-ring (bicyclic) bond motifs is 1. The first-order chi connectivity index (χ1) is 15.2. The van der Waals surface area contributed by atoms with Gasteiger partial charge in [-0.2, -0.15) is 0 Å². The Morgan fingerprint density at radius 2 is 1.84 bits per heavy atom. The average Bonchev–Trinajstić information content (AvgIpc) is 2.75. The summed E-state index contributed by atoms with van der Waals surface area (Å²) in [6, 6.07) is 10.2. The van der Waals surface area contributed by atoms with Crippen LogP contribution in [0.2, 0.25) is 0 Å². The Kier molecular flexibility index (Phi) is 6.77. The van der Waals surface area contributed by atoms with Crippen LogP contribution in [0.1, 0.15) is 24.5 Å². The van der Waals surface area contributed by atoms with Crippen molar-refractivity contribution in [3.8, 4) is 0 Å². The number of carbonyl (C=O) groups excluding carboxylic acids is 4. The van der Waals surface area contributed by atoms with Crippen LogP contribution in [0.3, 0.4) is 0 Å². The summed E-state index contributed by atoms with van der Waals surface area (Å²) >= 11 is 0. The topological polar surface area (TPSA) is 120 Å². The summed E-state index contributed by atoms with van der Waals surface area (Å²) in [4.78, 5) is 51.7. The lowest BCUT2D eigenvalue weighted by Gasteiger charge is -2.40. The van der Waals surface area contributed by atoms with E-state index in [4.69, 9.17) is 0 Å². The molecule has 1 aliphatic rings. The van der Waals surface area contributed by atoms with E-state index in [0.29, 0.717) is 17.1 Å². The molecule has 4 N–H and O–H groups in total. The summed E-state index contributed by atoms with van der Waals surface area (Å²) in [5.74, 6) is -1.35. The van der Waals surface area contributed by atoms with Crippen LogP contribution in [0, 0.1) is 13.8 Å². The summed E-state index contributed by atoms with van der Waals surface area (Å²) in [6.45, 7) is 5.44. The fraction of sp³-hybridized carbons (Fsp3) is 0.304. The first-order valence-electron chi connectivity index (χ1n) is 10.3. The summed E-state index contributed by atoms with van der Waals surface area (Å²) in [6.07, 6.45) is -0.176. The minimum absolute atomic E-state index is 0.176. The van der Waals surface area contributed by atoms with Gasteiger partial charge in [0.15, 0.2) is 0 Å². The van der Waals surface area contributed by atoms with E-state index in [9.17, 15) is 19.2 Å². The number of aryl methyl sites for hydroxylation is 2. The van der Waals surface area contributed by atoms with Crippen molar-refractivity contribution in [2.45, 2.75) is 39.3 Å². The van der Waals surface area contributed by atoms with Crippen molar-refractivity contribution in [3.05, 3.63) is 53.6 Å². The third-order valence-corrected chi connectivity index (χ3v) is 5.37. The Morgan fingerprint density at radius 1 is 1.12 bits per heavy atom. The van der Waals surface area contributed by atoms with Gasteiger partial charge in [0.1, 0.15) is 12.1 Å². The molecule has 0 spiro atoms. The fourth-order valence-corrected chi connectivity index (χ4v) is 3.72. The van der Waals surface area contributed by atoms with Crippen LogP contribution >= 0.6 is 0 Å². The Balaban J connectivity index is 1.87. The molecule has 0 radical (unpaired) electrons. The molecule has 0 fully saturated rings. The Morgan fingerprint density at radius 3 is 2.53 bits per heavy atom. The predicted molar refractivity (Wildman–Crippen MR) is 123 cm³/mol. The smallest absolute Gasteiger partial charge is 0.321 e. The number of anilines is 3. The monoisotopic (exact) mass is 437 g/mol. The molecule has 2 aromatic carbocycles. The van der Waals surface area contributed by atoms with Gasteiger partial charge in [0.05, 0.1) is 17.8 Å². The zero-order chi connectivity index (χ0) is 23.4. The zero-order valence-electron chi connectivity index (χ0n) is 18.5. The van der Waals surface area contributed by atoms with Gasteiger partial charge in [-0.3, -0.25) is 19.7 Å². The van der Waals surface area contributed by atoms with Crippen molar-refractivity contribution in [1.29, 1.82) is 0 Å². The third kappa shape index (κ3) is 4.88. The molecule has 2 atom stereocenters. The van der Waals surface area contributed by atoms with Gasteiger partial charge >= 0.3 is 6.03 Å². The van der Waals surface area contributed by atoms with Gasteiger partial charge < -0.3 is 20.9 Å². The molecule has 0 saturated heterocycles. The fourth-order valence-electron chi connectivity index (χ4n) is 3.72. The normalized spacial score (nSPS) is 15.8. The molecule has 1 aliphatic heterocycles. The molecule has 2 aromatic rings. The number of nitrogens with zero attached hydrogens (tertiary/aromatic N) is 1. The number of hydrogen-bond acceptors (Lipinski definition) is 5. The summed E-state index contributed by atoms with van der Waals surface area (Å²) in [5.41, 5.74) is 3.77. The molecule has 9 nitrogen and oxygen atoms in total. The summed E-state index contributed by atoms with van der Waals surface area (Å²) in [5, 5.41) is 10.2. The van der Waals surface area contributed by atoms with Gasteiger partial charge in [-0.15, -0.1) is 0 Å². The van der Waals surface area contributed by atoms with Crippen molar-refractivity contribution in [2.75, 3.05) is 22.6 Å². The van der Waals surface area contributed by atoms with Crippen LogP contribution in [0.4, 0.5) is 21.9 Å². The SMILES string of the molecule is CNC(=O)NC(=O)[C@@H](C)N1c2ccccc2NC(=O)[C@@H]1CC(=O)Nc1ccc(C)cc1C. The van der Waals surface area contributed by atoms with Crippen LogP contribution in [0.15, 0.2) is 42.5 Å². The number of carbonyl (C=O) groups is 4. The molecule has 3 rings (SSSR count). The first-order valence-corrected chi connectivity index (χ1v) is 10.3. The maximum atomic E-state index is 12.9. The quantitative estimate of drug-likeness (QED) is 0.572. The highest BCUT2D eigenvalue weighted by atomic mass is 16.2. The third-order valence-electron chi connectivity index (χ3n) is 5.37. The second-order valence-corrected chi connectivity index (χ2v) is 7.74. The highest BCUT2D eigenvalue weighted by molar-refractivity contribution is 6.09. The number of benzene rings is 2. The number of para-hydroxylation sites is 2. The molecule has 0 saturated carbocycles. The Labute approximate surface area is 186 Å². The Hall–Kier alpha value is -3.88. The van der Waals surface area contributed by atoms with Gasteiger partial charge in [0.25, 0.3) is 0 Å². The molecule has 1 heterocycles. The molecule has 0 aromatic heterocycles. The van der Waals surface area contributed by atoms with Gasteiger partial charge in [0, 0.05) is 12.7 Å². The number of amides is 5. The van der Waals surface area contributed by atoms with Crippen LogP contribution in [-0.4, -0.2) is 42.9 Å². The van der Waals surface area contributed by atoms with Crippen molar-refractivity contribution >= 4 is 40.8 Å². The second kappa shape index (κ2) is 9.51. The van der Waals surface area contributed by atoms with Crippen molar-refractivity contribution in [2.24, 2.45) is 0 Å². The van der Waals surface area contributed by atoms with E-state index >= 15 is 0 Å². The standard InChI is InChI=1S/C23H27N5O4/c1-13-9-10-16(14(2)11-13)25-20(29)12-19-22(31)26-17-7-5-6-8-18(17)28(19)15(3)21(30)27-23(32)24-4/h5-11,15,19H,12H2,1-4H3,(H,25,29)(H,26,31)(H2,24,27,30,32)/t15-,19+/m1/s1. The second-order valence-electron chi connectivity index (χ2n) is 7.74. The van der Waals surface area contributed by atoms with E-state index in [1.165, 1.54) is 7.05 Å². The van der Waals surface area contributed by atoms with E-state index in [1.807, 2.05) is 32.0 Å². The van der Waals surface area contributed by atoms with Gasteiger partial charge in [-0.25, -0.2) is 4.79 Å². The molecule has 9 heteroatoms. The van der Waals surface area contributed by atoms with Crippen LogP contribution in [0.5, 0.6) is 0 Å². The van der Waals surface area contributed by atoms with E-state index in [1.54, 1.807) is 36.1 Å². The van der Waals surface area contributed by atoms with E-state index in [-0.39, 0.29) is 12.3 Å². The molecule has 32 heavy (non-hydrogen) atoms. The Bertz CT molecular complexity index is 1070. The van der Waals surface area contributed by atoms with Crippen molar-refractivity contribution in [3.63, 3.8) is 0 Å². The molecular weight excluding hydrogens is 410 g/mol. The van der Waals surface area contributed by atoms with Gasteiger partial charge in [-0.1, -0.05) is 29.8 Å². The van der Waals surface area contributed by atoms with Crippen LogP contribution in [0.25, 0.3) is 0 Å². The lowest BCUT2D eigenvalue weighted by Crippen LogP contribution is -2.58. The minimum Gasteiger partial charge on any atom is -0.346 e. The number of hydrogen-bond donors (Lipinski definition) is 4. The summed E-state index contributed by atoms with van der Waals surface area (Å²) < 4.78 is 0. The lowest BCUT2D eigenvalue weighted by molar-refractivity contribution is -0.124. The first kappa shape index (κ1) is 22.8. The average molecular weight is 438 g/mol. The van der Waals surface area contributed by atoms with Crippen LogP contribution in [-0.2, 0) is 14.4 Å². The molecule has 0 bridgehead atoms. The van der Waals surface area contributed by atoms with E-state index in [0.717, 1.165) is 11.1 Å². The molecule has 0 unspecified atom stereocenters. The van der Waals surface area contributed by atoms with Crippen LogP contribution < -0.4 is 26.2 Å². The summed E-state index contributed by atoms with van der Waals surface area (Å²) in [7, 11) is 1.40. The van der Waals surface area contributed by atoms with Gasteiger partial charge in [-0.05, 0) is 44.5 Å². The highest BCUT2D eigenvalue weighted by Crippen LogP contribution is 2.34. The number of urea groups is 1. The maximum Gasteiger partial charge on any atom is 0.321 e. The molecule has 0 aliphatic carbocycles. The van der Waals surface area contributed by atoms with Gasteiger partial charge in [0.2, 0.25) is 17.7 Å². The van der Waals surface area contributed by atoms with E-state index in [2.05, 4.69) is 21.3 Å². The zero-order valence-corrected chi connectivity index (χ0v) is 18.5. The highest BCUT2D eigenvalue weighted by Gasteiger charge is 2.39. The minimum atomic E-state index is -0.943. The largest absolute Gasteiger partial charge is 0.346 e. The van der Waals surface area contributed by atoms with Crippen molar-refractivity contribution in [1.82, 2.24) is 10.6 Å². The lowest BCUT2D eigenvalue weighted by atomic mass is 10.0. The molecule has 5 amide bonds. The number of nitrogens with one attached hydrogen (secondary N) is 4. The van der Waals surface area contributed by atoms with Crippen molar-refractivity contribution < 1.29 is 19.2 Å². The predicted octanol–water partition coefficient (Wildman–Crippen LogP) is 2.30. The number of imide groups is 1. The molecular formula is C23H27N5O4. The number of rotatable bonds is 5.